The molecule has 7 nitrogen and oxygen atoms in total. The van der Waals surface area contributed by atoms with E-state index < -0.39 is 25.4 Å². The molecule has 0 amide bonds. The standard InChI is InChI=1S/C26H35O7P/c1-26(2,33-19-9-5-4-6-10-19)24(28)15-13-21-20(12-14-23(21)27)22-11-7-8-18(25(22)29)16-17-34(30,31)32-3/h4-11,13,15,20-21,23-24,27-29H,12,14,16-17H2,1-3H3,(H,30,31)/b15-13+/t20-,21?,23+,24?/m0/s1. The van der Waals surface area contributed by atoms with E-state index in [4.69, 9.17) is 4.74 Å². The zero-order valence-corrected chi connectivity index (χ0v) is 20.8. The van der Waals surface area contributed by atoms with Gasteiger partial charge in [-0.15, -0.1) is 0 Å². The van der Waals surface area contributed by atoms with E-state index >= 15 is 0 Å². The first-order chi connectivity index (χ1) is 16.0. The first-order valence-corrected chi connectivity index (χ1v) is 13.3. The molecule has 2 aromatic rings. The summed E-state index contributed by atoms with van der Waals surface area (Å²) in [5, 5.41) is 32.4. The van der Waals surface area contributed by atoms with Crippen LogP contribution >= 0.6 is 7.60 Å². The lowest BCUT2D eigenvalue weighted by molar-refractivity contribution is -0.00221. The minimum atomic E-state index is -3.69. The molecular formula is C26H35O7P. The maximum Gasteiger partial charge on any atom is 0.328 e. The van der Waals surface area contributed by atoms with Crippen molar-refractivity contribution in [2.75, 3.05) is 13.3 Å². The SMILES string of the molecule is COP(=O)(O)CCc1cccc([C@H]2CC[C@@H](O)C2/C=C/C(O)C(C)(C)Oc2ccccc2)c1O. The molecule has 0 heterocycles. The molecule has 3 rings (SSSR count). The zero-order chi connectivity index (χ0) is 24.9. The van der Waals surface area contributed by atoms with Gasteiger partial charge in [-0.05, 0) is 62.3 Å². The van der Waals surface area contributed by atoms with Crippen molar-refractivity contribution in [3.05, 3.63) is 71.8 Å². The Morgan fingerprint density at radius 2 is 1.85 bits per heavy atom. The van der Waals surface area contributed by atoms with Gasteiger partial charge in [-0.2, -0.15) is 0 Å². The second-order valence-electron chi connectivity index (χ2n) is 9.33. The number of hydrogen-bond acceptors (Lipinski definition) is 6. The fourth-order valence-corrected chi connectivity index (χ4v) is 5.12. The van der Waals surface area contributed by atoms with Gasteiger partial charge in [0.25, 0.3) is 0 Å². The second kappa shape index (κ2) is 11.1. The van der Waals surface area contributed by atoms with Crippen LogP contribution in [-0.4, -0.2) is 51.3 Å². The molecule has 186 valence electrons. The Hall–Kier alpha value is -2.15. The maximum absolute atomic E-state index is 11.8. The second-order valence-corrected chi connectivity index (χ2v) is 11.4. The Kier molecular flexibility index (Phi) is 8.61. The van der Waals surface area contributed by atoms with Gasteiger partial charge in [-0.1, -0.05) is 48.6 Å². The highest BCUT2D eigenvalue weighted by molar-refractivity contribution is 7.52. The molecular weight excluding hydrogens is 455 g/mol. The number of phenols is 1. The molecule has 2 aromatic carbocycles. The molecule has 0 bridgehead atoms. The highest BCUT2D eigenvalue weighted by Gasteiger charge is 2.37. The van der Waals surface area contributed by atoms with Crippen LogP contribution in [0.3, 0.4) is 0 Å². The normalized spacial score (nSPS) is 23.6. The van der Waals surface area contributed by atoms with E-state index in [0.29, 0.717) is 29.7 Å². The minimum absolute atomic E-state index is 0.0735. The van der Waals surface area contributed by atoms with Crippen molar-refractivity contribution in [2.24, 2.45) is 5.92 Å². The lowest BCUT2D eigenvalue weighted by Crippen LogP contribution is -2.41. The van der Waals surface area contributed by atoms with E-state index in [1.165, 1.54) is 7.11 Å². The Morgan fingerprint density at radius 1 is 1.15 bits per heavy atom. The van der Waals surface area contributed by atoms with Crippen LogP contribution in [0.15, 0.2) is 60.7 Å². The molecule has 1 aliphatic carbocycles. The molecule has 0 aliphatic heterocycles. The number of rotatable bonds is 10. The Bertz CT molecular complexity index is 1020. The summed E-state index contributed by atoms with van der Waals surface area (Å²) >= 11 is 0. The van der Waals surface area contributed by atoms with E-state index in [1.807, 2.05) is 42.5 Å². The van der Waals surface area contributed by atoms with Gasteiger partial charge in [0, 0.05) is 13.0 Å². The molecule has 0 saturated heterocycles. The largest absolute Gasteiger partial charge is 0.507 e. The van der Waals surface area contributed by atoms with Crippen LogP contribution < -0.4 is 4.74 Å². The zero-order valence-electron chi connectivity index (χ0n) is 19.9. The third-order valence-corrected chi connectivity index (χ3v) is 7.89. The van der Waals surface area contributed by atoms with E-state index in [-0.39, 0.29) is 30.2 Å². The summed E-state index contributed by atoms with van der Waals surface area (Å²) in [5.41, 5.74) is 0.354. The van der Waals surface area contributed by atoms with E-state index in [2.05, 4.69) is 4.52 Å². The predicted octanol–water partition coefficient (Wildman–Crippen LogP) is 4.40. The molecule has 3 unspecified atom stereocenters. The molecule has 0 radical (unpaired) electrons. The lowest BCUT2D eigenvalue weighted by atomic mass is 9.85. The van der Waals surface area contributed by atoms with Crippen molar-refractivity contribution in [3.8, 4) is 11.5 Å². The number of aryl methyl sites for hydroxylation is 1. The summed E-state index contributed by atoms with van der Waals surface area (Å²) < 4.78 is 22.4. The van der Waals surface area contributed by atoms with Crippen LogP contribution in [0.25, 0.3) is 0 Å². The lowest BCUT2D eigenvalue weighted by Gasteiger charge is -2.30. The molecule has 34 heavy (non-hydrogen) atoms. The van der Waals surface area contributed by atoms with Crippen LogP contribution in [0.4, 0.5) is 0 Å². The fraction of sp³-hybridized carbons (Fsp3) is 0.462. The topological polar surface area (TPSA) is 116 Å². The van der Waals surface area contributed by atoms with Gasteiger partial charge < -0.3 is 29.5 Å². The molecule has 5 atom stereocenters. The summed E-state index contributed by atoms with van der Waals surface area (Å²) in [4.78, 5) is 9.69. The third kappa shape index (κ3) is 6.49. The van der Waals surface area contributed by atoms with Gasteiger partial charge in [0.15, 0.2) is 0 Å². The number of para-hydroxylation sites is 2. The first kappa shape index (κ1) is 26.5. The number of benzene rings is 2. The Morgan fingerprint density at radius 3 is 2.53 bits per heavy atom. The molecule has 0 aromatic heterocycles. The summed E-state index contributed by atoms with van der Waals surface area (Å²) in [5.74, 6) is 0.275. The van der Waals surface area contributed by atoms with Gasteiger partial charge in [-0.3, -0.25) is 4.57 Å². The number of hydrogen-bond donors (Lipinski definition) is 4. The van der Waals surface area contributed by atoms with E-state index in [1.54, 1.807) is 32.1 Å². The molecule has 8 heteroatoms. The Balaban J connectivity index is 1.76. The molecule has 1 saturated carbocycles. The summed E-state index contributed by atoms with van der Waals surface area (Å²) in [7, 11) is -2.50. The van der Waals surface area contributed by atoms with Gasteiger partial charge in [0.2, 0.25) is 0 Å². The summed E-state index contributed by atoms with van der Waals surface area (Å²) in [6.45, 7) is 3.60. The smallest absolute Gasteiger partial charge is 0.328 e. The van der Waals surface area contributed by atoms with Crippen molar-refractivity contribution >= 4 is 7.60 Å². The van der Waals surface area contributed by atoms with Crippen molar-refractivity contribution in [2.45, 2.75) is 56.8 Å². The van der Waals surface area contributed by atoms with Crippen molar-refractivity contribution in [3.63, 3.8) is 0 Å². The number of aliphatic hydroxyl groups is 2. The van der Waals surface area contributed by atoms with Crippen LogP contribution in [-0.2, 0) is 15.5 Å². The maximum atomic E-state index is 11.8. The van der Waals surface area contributed by atoms with Crippen molar-refractivity contribution in [1.82, 2.24) is 0 Å². The van der Waals surface area contributed by atoms with E-state index in [9.17, 15) is 24.8 Å². The molecule has 4 N–H and O–H groups in total. The quantitative estimate of drug-likeness (QED) is 0.288. The van der Waals surface area contributed by atoms with E-state index in [0.717, 1.165) is 0 Å². The average Bonchev–Trinajstić information content (AvgIpc) is 3.17. The average molecular weight is 491 g/mol. The summed E-state index contributed by atoms with van der Waals surface area (Å²) in [6, 6.07) is 14.6. The minimum Gasteiger partial charge on any atom is -0.507 e. The fourth-order valence-electron chi connectivity index (χ4n) is 4.41. The number of ether oxygens (including phenoxy) is 1. The van der Waals surface area contributed by atoms with Crippen molar-refractivity contribution in [1.29, 1.82) is 0 Å². The number of phenolic OH excluding ortho intramolecular Hbond substituents is 1. The van der Waals surface area contributed by atoms with Crippen LogP contribution in [0.5, 0.6) is 11.5 Å². The molecule has 1 fully saturated rings. The van der Waals surface area contributed by atoms with Gasteiger partial charge in [-0.25, -0.2) is 0 Å². The van der Waals surface area contributed by atoms with Gasteiger partial charge in [0.05, 0.1) is 12.3 Å². The summed E-state index contributed by atoms with van der Waals surface area (Å²) in [6.07, 6.45) is 3.26. The highest BCUT2D eigenvalue weighted by atomic mass is 31.2. The van der Waals surface area contributed by atoms with Crippen molar-refractivity contribution < 1.29 is 34.0 Å². The van der Waals surface area contributed by atoms with Crippen LogP contribution in [0.2, 0.25) is 0 Å². The van der Waals surface area contributed by atoms with Gasteiger partial charge >= 0.3 is 7.60 Å². The van der Waals surface area contributed by atoms with Crippen LogP contribution in [0, 0.1) is 5.92 Å². The Labute approximate surface area is 201 Å². The van der Waals surface area contributed by atoms with Gasteiger partial charge in [0.1, 0.15) is 23.2 Å². The van der Waals surface area contributed by atoms with Crippen LogP contribution in [0.1, 0.15) is 43.7 Å². The monoisotopic (exact) mass is 490 g/mol. The molecule has 0 spiro atoms. The first-order valence-electron chi connectivity index (χ1n) is 11.5. The third-order valence-electron chi connectivity index (χ3n) is 6.53. The highest BCUT2D eigenvalue weighted by Crippen LogP contribution is 2.46. The molecule has 1 aliphatic rings. The number of aliphatic hydroxyl groups excluding tert-OH is 2. The predicted molar refractivity (Wildman–Crippen MR) is 131 cm³/mol. The number of aromatic hydroxyl groups is 1.